The molecule has 0 unspecified atom stereocenters. The number of aliphatic carboxylic acids is 1. The van der Waals surface area contributed by atoms with Gasteiger partial charge in [-0.25, -0.2) is 4.79 Å². The van der Waals surface area contributed by atoms with Crippen LogP contribution in [0.3, 0.4) is 0 Å². The summed E-state index contributed by atoms with van der Waals surface area (Å²) in [5.41, 5.74) is 1.22. The van der Waals surface area contributed by atoms with Gasteiger partial charge in [0.15, 0.2) is 0 Å². The van der Waals surface area contributed by atoms with Crippen molar-refractivity contribution in [2.24, 2.45) is 0 Å². The van der Waals surface area contributed by atoms with Crippen molar-refractivity contribution in [2.45, 2.75) is 90.0 Å². The first-order valence-electron chi connectivity index (χ1n) is 17.3. The Morgan fingerprint density at radius 2 is 1.53 bits per heavy atom. The van der Waals surface area contributed by atoms with Gasteiger partial charge in [-0.3, -0.25) is 19.5 Å². The maximum Gasteiger partial charge on any atom is 0.326 e. The summed E-state index contributed by atoms with van der Waals surface area (Å²) in [4.78, 5) is 43.2. The zero-order valence-electron chi connectivity index (χ0n) is 28.3. The van der Waals surface area contributed by atoms with Gasteiger partial charge in [0.05, 0.1) is 18.8 Å². The van der Waals surface area contributed by atoms with Crippen molar-refractivity contribution in [3.05, 3.63) is 90.3 Å². The van der Waals surface area contributed by atoms with Gasteiger partial charge in [-0.1, -0.05) is 67.7 Å². The Balaban J connectivity index is 1.50. The van der Waals surface area contributed by atoms with Crippen molar-refractivity contribution in [3.63, 3.8) is 0 Å². The molecule has 3 N–H and O–H groups in total. The van der Waals surface area contributed by atoms with Gasteiger partial charge in [0.1, 0.15) is 6.04 Å². The lowest BCUT2D eigenvalue weighted by Gasteiger charge is -2.26. The minimum atomic E-state index is -1.08. The Bertz CT molecular complexity index is 1170. The number of carbonyl (C=O) groups excluding carboxylic acids is 2. The Labute approximate surface area is 281 Å². The van der Waals surface area contributed by atoms with Gasteiger partial charge in [0.25, 0.3) is 5.91 Å². The van der Waals surface area contributed by atoms with Crippen LogP contribution in [0.2, 0.25) is 0 Å². The summed E-state index contributed by atoms with van der Waals surface area (Å²) in [6.07, 6.45) is 32.4. The molecular formula is C38H56N4O5. The largest absolute Gasteiger partial charge is 0.480 e. The SMILES string of the molecule is CC/C=C\C/C=C\C/C=C\C/C=C\C/C=C\CCCC(=O)NCCCC[C@H](NC(=O)c1ccc(CCN2CCOCC2)nc1)C(=O)O. The van der Waals surface area contributed by atoms with E-state index in [2.05, 4.69) is 88.2 Å². The summed E-state index contributed by atoms with van der Waals surface area (Å²) in [6, 6.07) is 2.51. The van der Waals surface area contributed by atoms with Crippen LogP contribution in [0.4, 0.5) is 0 Å². The molecule has 1 aromatic heterocycles. The van der Waals surface area contributed by atoms with Crippen LogP contribution in [0.1, 0.15) is 93.6 Å². The zero-order chi connectivity index (χ0) is 33.8. The summed E-state index contributed by atoms with van der Waals surface area (Å²) in [6.45, 7) is 6.83. The highest BCUT2D eigenvalue weighted by molar-refractivity contribution is 5.96. The van der Waals surface area contributed by atoms with Gasteiger partial charge in [-0.2, -0.15) is 0 Å². The van der Waals surface area contributed by atoms with Crippen LogP contribution >= 0.6 is 0 Å². The standard InChI is InChI=1S/C38H56N4O5/c1-2-3-4-5-6-7-8-9-10-11-12-13-14-15-16-17-18-22-36(43)39-26-20-19-21-35(38(45)46)41-37(44)33-23-24-34(40-32-33)25-27-42-28-30-47-31-29-42/h3-4,6-7,9-10,12-13,15-16,23-24,32,35H,2,5,8,11,14,17-22,25-31H2,1H3,(H,39,43)(H,41,44)(H,45,46)/b4-3-,7-6-,10-9-,13-12-,16-15-/t35-/m0/s1. The third-order valence-corrected chi connectivity index (χ3v) is 7.65. The summed E-state index contributed by atoms with van der Waals surface area (Å²) in [5.74, 6) is -1.53. The number of nitrogens with zero attached hydrogens (tertiary/aromatic N) is 2. The number of aromatic nitrogens is 1. The fourth-order valence-corrected chi connectivity index (χ4v) is 4.84. The molecule has 9 heteroatoms. The highest BCUT2D eigenvalue weighted by Gasteiger charge is 2.20. The minimum Gasteiger partial charge on any atom is -0.480 e. The lowest BCUT2D eigenvalue weighted by atomic mass is 10.1. The Kier molecular flexibility index (Phi) is 22.0. The number of ether oxygens (including phenoxy) is 1. The second-order valence-corrected chi connectivity index (χ2v) is 11.6. The number of unbranched alkanes of at least 4 members (excludes halogenated alkanes) is 2. The van der Waals surface area contributed by atoms with E-state index in [1.165, 1.54) is 6.20 Å². The molecule has 0 saturated carbocycles. The van der Waals surface area contributed by atoms with Crippen LogP contribution in [-0.2, 0) is 20.7 Å². The second kappa shape index (κ2) is 26.3. The minimum absolute atomic E-state index is 0.00123. The van der Waals surface area contributed by atoms with E-state index >= 15 is 0 Å². The fraction of sp³-hybridized carbons (Fsp3) is 0.526. The molecule has 258 valence electrons. The molecule has 1 saturated heterocycles. The smallest absolute Gasteiger partial charge is 0.326 e. The molecule has 1 atom stereocenters. The van der Waals surface area contributed by atoms with Gasteiger partial charge in [-0.15, -0.1) is 0 Å². The molecule has 1 fully saturated rings. The van der Waals surface area contributed by atoms with E-state index in [1.807, 2.05) is 6.07 Å². The van der Waals surface area contributed by atoms with Gasteiger partial charge in [0, 0.05) is 50.9 Å². The topological polar surface area (TPSA) is 121 Å². The van der Waals surface area contributed by atoms with Gasteiger partial charge in [-0.05, 0) is 76.3 Å². The number of hydrogen-bond acceptors (Lipinski definition) is 6. The van der Waals surface area contributed by atoms with E-state index in [0.717, 1.165) is 89.9 Å². The second-order valence-electron chi connectivity index (χ2n) is 11.6. The maximum atomic E-state index is 12.6. The van der Waals surface area contributed by atoms with Crippen LogP contribution in [0.25, 0.3) is 0 Å². The predicted molar refractivity (Wildman–Crippen MR) is 189 cm³/mol. The van der Waals surface area contributed by atoms with Crippen molar-refractivity contribution in [2.75, 3.05) is 39.4 Å². The molecule has 2 amide bonds. The molecule has 0 aromatic carbocycles. The molecule has 1 aliphatic heterocycles. The Hall–Kier alpha value is -3.82. The lowest BCUT2D eigenvalue weighted by Crippen LogP contribution is -2.41. The van der Waals surface area contributed by atoms with E-state index in [-0.39, 0.29) is 12.3 Å². The fourth-order valence-electron chi connectivity index (χ4n) is 4.84. The molecule has 1 aromatic rings. The van der Waals surface area contributed by atoms with Crippen molar-refractivity contribution in [1.29, 1.82) is 0 Å². The number of rotatable bonds is 24. The van der Waals surface area contributed by atoms with Crippen molar-refractivity contribution < 1.29 is 24.2 Å². The number of amides is 2. The molecule has 2 heterocycles. The average Bonchev–Trinajstić information content (AvgIpc) is 3.08. The molecule has 2 rings (SSSR count). The van der Waals surface area contributed by atoms with E-state index < -0.39 is 17.9 Å². The number of morpholine rings is 1. The first-order valence-corrected chi connectivity index (χ1v) is 17.3. The van der Waals surface area contributed by atoms with E-state index in [4.69, 9.17) is 4.74 Å². The normalized spacial score (nSPS) is 15.0. The quantitative estimate of drug-likeness (QED) is 0.0883. The molecule has 0 radical (unpaired) electrons. The first-order chi connectivity index (χ1) is 23.0. The van der Waals surface area contributed by atoms with Gasteiger partial charge >= 0.3 is 5.97 Å². The summed E-state index contributed by atoms with van der Waals surface area (Å²) >= 11 is 0. The monoisotopic (exact) mass is 648 g/mol. The van der Waals surface area contributed by atoms with Crippen molar-refractivity contribution >= 4 is 17.8 Å². The molecule has 0 spiro atoms. The van der Waals surface area contributed by atoms with Gasteiger partial charge < -0.3 is 20.5 Å². The van der Waals surface area contributed by atoms with Gasteiger partial charge in [0.2, 0.25) is 5.91 Å². The first kappa shape index (κ1) is 39.4. The lowest BCUT2D eigenvalue weighted by molar-refractivity contribution is -0.139. The number of carbonyl (C=O) groups is 3. The number of carboxylic acids is 1. The Morgan fingerprint density at radius 3 is 2.13 bits per heavy atom. The molecule has 47 heavy (non-hydrogen) atoms. The van der Waals surface area contributed by atoms with Crippen LogP contribution in [0, 0.1) is 0 Å². The van der Waals surface area contributed by atoms with E-state index in [0.29, 0.717) is 31.4 Å². The number of nitrogens with one attached hydrogen (secondary N) is 2. The van der Waals surface area contributed by atoms with E-state index in [1.54, 1.807) is 6.07 Å². The molecule has 1 aliphatic rings. The molecule has 0 bridgehead atoms. The highest BCUT2D eigenvalue weighted by Crippen LogP contribution is 2.07. The zero-order valence-corrected chi connectivity index (χ0v) is 28.3. The van der Waals surface area contributed by atoms with Crippen molar-refractivity contribution in [3.8, 4) is 0 Å². The predicted octanol–water partition coefficient (Wildman–Crippen LogP) is 6.35. The third-order valence-electron chi connectivity index (χ3n) is 7.65. The number of allylic oxidation sites excluding steroid dienone is 10. The number of pyridine rings is 1. The highest BCUT2D eigenvalue weighted by atomic mass is 16.5. The van der Waals surface area contributed by atoms with Crippen LogP contribution in [-0.4, -0.2) is 78.2 Å². The van der Waals surface area contributed by atoms with E-state index in [9.17, 15) is 19.5 Å². The summed E-state index contributed by atoms with van der Waals surface area (Å²) < 4.78 is 5.37. The summed E-state index contributed by atoms with van der Waals surface area (Å²) in [5, 5.41) is 15.1. The maximum absolute atomic E-state index is 12.6. The number of hydrogen-bond donors (Lipinski definition) is 3. The van der Waals surface area contributed by atoms with Crippen LogP contribution in [0.15, 0.2) is 79.1 Å². The number of carboxylic acid groups (broad SMARTS) is 1. The molecular weight excluding hydrogens is 592 g/mol. The average molecular weight is 649 g/mol. The summed E-state index contributed by atoms with van der Waals surface area (Å²) in [7, 11) is 0. The van der Waals surface area contributed by atoms with Crippen LogP contribution < -0.4 is 10.6 Å². The molecule has 9 nitrogen and oxygen atoms in total. The van der Waals surface area contributed by atoms with Crippen LogP contribution in [0.5, 0.6) is 0 Å². The third kappa shape index (κ3) is 20.1. The Morgan fingerprint density at radius 1 is 0.894 bits per heavy atom. The molecule has 0 aliphatic carbocycles. The van der Waals surface area contributed by atoms with Crippen molar-refractivity contribution in [1.82, 2.24) is 20.5 Å².